The van der Waals surface area contributed by atoms with Gasteiger partial charge in [0.2, 0.25) is 17.7 Å². The van der Waals surface area contributed by atoms with E-state index in [1.54, 1.807) is 59.8 Å². The number of methoxy groups -OCH3 is 1. The molecule has 6 aliphatic rings. The molecule has 5 amide bonds. The summed E-state index contributed by atoms with van der Waals surface area (Å²) in [5, 5.41) is 16.8. The predicted molar refractivity (Wildman–Crippen MR) is 270 cm³/mol. The van der Waals surface area contributed by atoms with Gasteiger partial charge in [0, 0.05) is 91.4 Å². The van der Waals surface area contributed by atoms with Gasteiger partial charge in [-0.2, -0.15) is 0 Å². The molecule has 368 valence electrons. The van der Waals surface area contributed by atoms with E-state index in [4.69, 9.17) is 13.8 Å². The highest BCUT2D eigenvalue weighted by Crippen LogP contribution is 2.42. The third-order valence-corrected chi connectivity index (χ3v) is 16.7. The largest absolute Gasteiger partial charge is 0.480 e. The Morgan fingerprint density at radius 1 is 0.817 bits per heavy atom. The summed E-state index contributed by atoms with van der Waals surface area (Å²) >= 11 is 1.59. The number of pyridine rings is 3. The van der Waals surface area contributed by atoms with Crippen LogP contribution in [0.2, 0.25) is 0 Å². The molecule has 71 heavy (non-hydrogen) atoms. The molecule has 9 heterocycles. The van der Waals surface area contributed by atoms with E-state index < -0.39 is 42.8 Å². The minimum Gasteiger partial charge on any atom is -0.480 e. The Balaban J connectivity index is 0.753. The van der Waals surface area contributed by atoms with Crippen LogP contribution in [0.1, 0.15) is 121 Å². The van der Waals surface area contributed by atoms with E-state index in [1.165, 1.54) is 16.6 Å². The van der Waals surface area contributed by atoms with E-state index in [1.807, 2.05) is 18.2 Å². The SMILES string of the molecule is [2H]C([2H])([2H])Oc1ncc(-c2ccnc(N3CCc4c(sc5c4CCCC5)C3=O)c2[C@@H](C)O)cc1Nc1ccc(N2CCN(C3CCN(c4ccc5c(c4)C(=O)N(C4CCC(=O)NC4=O)C5=O)[C@H](C)C3)C[C@@H]2C)cn1. The van der Waals surface area contributed by atoms with Crippen LogP contribution in [0.4, 0.5) is 28.7 Å². The van der Waals surface area contributed by atoms with E-state index in [0.717, 1.165) is 91.4 Å². The number of fused-ring (bicyclic) bond motifs is 4. The molecule has 0 spiro atoms. The quantitative estimate of drug-likeness (QED) is 0.129. The lowest BCUT2D eigenvalue weighted by atomic mass is 9.91. The number of aryl methyl sites for hydroxylation is 1. The number of carbonyl (C=O) groups excluding carboxylic acids is 5. The van der Waals surface area contributed by atoms with Crippen LogP contribution in [0.5, 0.6) is 5.88 Å². The smallest absolute Gasteiger partial charge is 0.269 e. The van der Waals surface area contributed by atoms with Gasteiger partial charge in [0.1, 0.15) is 23.4 Å². The molecule has 5 aromatic rings. The first kappa shape index (κ1) is 43.1. The van der Waals surface area contributed by atoms with Crippen LogP contribution in [0.3, 0.4) is 0 Å². The number of aliphatic hydroxyl groups is 1. The Labute approximate surface area is 420 Å². The monoisotopic (exact) mass is 981 g/mol. The van der Waals surface area contributed by atoms with Crippen LogP contribution in [0, 0.1) is 0 Å². The lowest BCUT2D eigenvalue weighted by Crippen LogP contribution is -2.58. The Morgan fingerprint density at radius 3 is 2.41 bits per heavy atom. The van der Waals surface area contributed by atoms with Gasteiger partial charge in [-0.3, -0.25) is 44.0 Å². The number of hydrogen-bond donors (Lipinski definition) is 3. The van der Waals surface area contributed by atoms with Crippen molar-refractivity contribution in [3.8, 4) is 17.0 Å². The van der Waals surface area contributed by atoms with Gasteiger partial charge in [0.15, 0.2) is 0 Å². The fourth-order valence-corrected chi connectivity index (χ4v) is 13.2. The number of nitrogens with one attached hydrogen (secondary N) is 2. The van der Waals surface area contributed by atoms with Crippen molar-refractivity contribution < 1.29 is 37.9 Å². The van der Waals surface area contributed by atoms with Gasteiger partial charge in [-0.05, 0) is 131 Å². The molecule has 1 aromatic carbocycles. The topological polar surface area (TPSA) is 194 Å². The Hall–Kier alpha value is -6.76. The zero-order chi connectivity index (χ0) is 51.7. The van der Waals surface area contributed by atoms with Crippen molar-refractivity contribution in [2.45, 2.75) is 109 Å². The average molecular weight is 982 g/mol. The lowest BCUT2D eigenvalue weighted by Gasteiger charge is -2.48. The third-order valence-electron chi connectivity index (χ3n) is 15.3. The van der Waals surface area contributed by atoms with Crippen LogP contribution in [-0.4, -0.2) is 123 Å². The molecule has 3 N–H and O–H groups in total. The van der Waals surface area contributed by atoms with Crippen molar-refractivity contribution in [2.24, 2.45) is 0 Å². The first-order chi connectivity index (χ1) is 35.5. The summed E-state index contributed by atoms with van der Waals surface area (Å²) in [5.41, 5.74) is 6.65. The van der Waals surface area contributed by atoms with Crippen molar-refractivity contribution >= 4 is 69.6 Å². The zero-order valence-electron chi connectivity index (χ0n) is 42.9. The highest BCUT2D eigenvalue weighted by Gasteiger charge is 2.45. The standard InChI is InChI=1S/C53H58N10O7S/c1-29-23-33(16-19-60(29)34-9-11-39-40(25-34)52(68)63(51(39)67)42-12-14-45(65)58-49(42)66)59-21-22-61(30(2)28-59)35-10-13-44(55-27-35)57-41-24-32(26-56-50(41)70-4)36-15-18-54-48(46(36)31(3)64)62-20-17-38-37-7-5-6-8-43(37)71-47(38)53(62)69/h9-11,13,15,18,24-27,29-31,33,42,64H,5-8,12,14,16-17,19-23,28H2,1-4H3,(H,55,57)(H,58,65,66)/t29-,30+,31-,33?,42?/m1/s1/i4D3. The maximum atomic E-state index is 14.1. The maximum absolute atomic E-state index is 14.1. The van der Waals surface area contributed by atoms with Gasteiger partial charge < -0.3 is 25.0 Å². The summed E-state index contributed by atoms with van der Waals surface area (Å²) in [6, 6.07) is 12.2. The fraction of sp³-hybridized carbons (Fsp3) is 0.434. The van der Waals surface area contributed by atoms with Crippen molar-refractivity contribution in [3.05, 3.63) is 98.6 Å². The molecule has 5 aliphatic heterocycles. The zero-order valence-corrected chi connectivity index (χ0v) is 40.8. The molecule has 0 bridgehead atoms. The molecule has 3 saturated heterocycles. The molecule has 3 fully saturated rings. The van der Waals surface area contributed by atoms with Gasteiger partial charge in [0.25, 0.3) is 17.7 Å². The number of anilines is 5. The number of nitrogens with zero attached hydrogens (tertiary/aromatic N) is 8. The van der Waals surface area contributed by atoms with Crippen molar-refractivity contribution in [1.82, 2.24) is 30.1 Å². The van der Waals surface area contributed by atoms with E-state index in [9.17, 15) is 29.1 Å². The molecule has 11 rings (SSSR count). The molecular weight excluding hydrogens is 921 g/mol. The first-order valence-corrected chi connectivity index (χ1v) is 25.5. The van der Waals surface area contributed by atoms with Crippen molar-refractivity contribution in [1.29, 1.82) is 0 Å². The number of aliphatic hydroxyl groups excluding tert-OH is 1. The average Bonchev–Trinajstić information content (AvgIpc) is 3.89. The number of amides is 5. The molecule has 4 aromatic heterocycles. The van der Waals surface area contributed by atoms with Gasteiger partial charge in [0.05, 0.1) is 45.1 Å². The lowest BCUT2D eigenvalue weighted by molar-refractivity contribution is -0.136. The summed E-state index contributed by atoms with van der Waals surface area (Å²) in [7, 11) is -2.80. The Bertz CT molecular complexity index is 3090. The second-order valence-electron chi connectivity index (χ2n) is 19.6. The molecular formula is C53H58N10O7S. The Morgan fingerprint density at radius 2 is 1.63 bits per heavy atom. The summed E-state index contributed by atoms with van der Waals surface area (Å²) in [6.45, 7) is 9.67. The van der Waals surface area contributed by atoms with E-state index in [2.05, 4.69) is 49.1 Å². The number of ether oxygens (including phenoxy) is 1. The van der Waals surface area contributed by atoms with E-state index in [-0.39, 0.29) is 53.5 Å². The molecule has 1 aliphatic carbocycles. The van der Waals surface area contributed by atoms with Gasteiger partial charge in [-0.1, -0.05) is 0 Å². The van der Waals surface area contributed by atoms with Crippen molar-refractivity contribution in [2.75, 3.05) is 59.8 Å². The second-order valence-corrected chi connectivity index (χ2v) is 20.7. The first-order valence-electron chi connectivity index (χ1n) is 26.2. The number of carbonyl (C=O) groups is 5. The number of imide groups is 2. The van der Waals surface area contributed by atoms with Gasteiger partial charge >= 0.3 is 0 Å². The van der Waals surface area contributed by atoms with Crippen molar-refractivity contribution in [3.63, 3.8) is 0 Å². The normalized spacial score (nSPS) is 23.9. The number of rotatable bonds is 10. The summed E-state index contributed by atoms with van der Waals surface area (Å²) in [6.07, 6.45) is 10.8. The molecule has 5 atom stereocenters. The number of thiophene rings is 1. The highest BCUT2D eigenvalue weighted by atomic mass is 32.1. The highest BCUT2D eigenvalue weighted by molar-refractivity contribution is 7.14. The second kappa shape index (κ2) is 18.8. The third kappa shape index (κ3) is 8.38. The van der Waals surface area contributed by atoms with Crippen LogP contribution in [-0.2, 0) is 28.9 Å². The summed E-state index contributed by atoms with van der Waals surface area (Å²) < 4.78 is 29.0. The molecule has 18 heteroatoms. The summed E-state index contributed by atoms with van der Waals surface area (Å²) in [4.78, 5) is 91.1. The predicted octanol–water partition coefficient (Wildman–Crippen LogP) is 6.46. The molecule has 0 saturated carbocycles. The number of aromatic nitrogens is 3. The fourth-order valence-electron chi connectivity index (χ4n) is 11.8. The maximum Gasteiger partial charge on any atom is 0.269 e. The van der Waals surface area contributed by atoms with E-state index >= 15 is 0 Å². The van der Waals surface area contributed by atoms with Gasteiger partial charge in [-0.15, -0.1) is 11.3 Å². The minimum absolute atomic E-state index is 0.0664. The molecule has 2 unspecified atom stereocenters. The molecule has 17 nitrogen and oxygen atoms in total. The number of piperazine rings is 1. The number of piperidine rings is 2. The van der Waals surface area contributed by atoms with E-state index in [0.29, 0.717) is 47.3 Å². The van der Waals surface area contributed by atoms with Gasteiger partial charge in [-0.25, -0.2) is 15.0 Å². The number of benzene rings is 1. The summed E-state index contributed by atoms with van der Waals surface area (Å²) in [5.74, 6) is -1.54. The number of hydrogen-bond acceptors (Lipinski definition) is 15. The van der Waals surface area contributed by atoms with Crippen LogP contribution in [0.15, 0.2) is 61.1 Å². The molecule has 0 radical (unpaired) electrons. The van der Waals surface area contributed by atoms with Crippen LogP contribution in [0.25, 0.3) is 11.1 Å². The Kier molecular flexibility index (Phi) is 11.4. The van der Waals surface area contributed by atoms with Crippen LogP contribution < -0.4 is 30.1 Å². The minimum atomic E-state index is -2.80. The van der Waals surface area contributed by atoms with Crippen LogP contribution >= 0.6 is 11.3 Å².